The molecule has 0 bridgehead atoms. The number of allylic oxidation sites excluding steroid dienone is 1. The van der Waals surface area contributed by atoms with Gasteiger partial charge < -0.3 is 30.4 Å². The number of aliphatic hydroxyl groups is 3. The first-order chi connectivity index (χ1) is 11.1. The molecule has 1 fully saturated rings. The normalized spacial score (nSPS) is 27.7. The molecule has 0 spiro atoms. The van der Waals surface area contributed by atoms with Gasteiger partial charge in [0.05, 0.1) is 18.1 Å². The number of nitrogen functional groups attached to an aromatic ring is 1. The number of nitriles is 1. The average molecular weight is 317 g/mol. The van der Waals surface area contributed by atoms with Crippen LogP contribution in [0.15, 0.2) is 18.6 Å². The van der Waals surface area contributed by atoms with Gasteiger partial charge >= 0.3 is 0 Å². The average Bonchev–Trinajstić information content (AvgIpc) is 3.05. The van der Waals surface area contributed by atoms with Gasteiger partial charge in [0, 0.05) is 17.8 Å². The van der Waals surface area contributed by atoms with Crippen LogP contribution in [0, 0.1) is 11.3 Å². The Labute approximate surface area is 130 Å². The lowest BCUT2D eigenvalue weighted by Crippen LogP contribution is -2.33. The summed E-state index contributed by atoms with van der Waals surface area (Å²) < 4.78 is 7.02. The molecule has 2 aromatic heterocycles. The fourth-order valence-corrected chi connectivity index (χ4v) is 2.69. The van der Waals surface area contributed by atoms with Crippen LogP contribution in [0.25, 0.3) is 17.1 Å². The molecule has 1 aliphatic heterocycles. The summed E-state index contributed by atoms with van der Waals surface area (Å²) in [6.45, 7) is -0.424. The van der Waals surface area contributed by atoms with E-state index in [2.05, 4.69) is 9.97 Å². The second kappa shape index (κ2) is 5.94. The lowest BCUT2D eigenvalue weighted by molar-refractivity contribution is -0.0508. The summed E-state index contributed by atoms with van der Waals surface area (Å²) in [6.07, 6.45) is 1.39. The number of nitrogens with zero attached hydrogens (tertiary/aromatic N) is 4. The monoisotopic (exact) mass is 317 g/mol. The zero-order chi connectivity index (χ0) is 16.6. The molecule has 2 aromatic rings. The summed E-state index contributed by atoms with van der Waals surface area (Å²) in [4.78, 5) is 8.07. The molecule has 23 heavy (non-hydrogen) atoms. The Bertz CT molecular complexity index is 796. The molecule has 4 atom stereocenters. The Balaban J connectivity index is 2.14. The van der Waals surface area contributed by atoms with Crippen molar-refractivity contribution in [1.29, 1.82) is 5.26 Å². The summed E-state index contributed by atoms with van der Waals surface area (Å²) in [5.41, 5.74) is 6.86. The first-order valence-electron chi connectivity index (χ1n) is 6.88. The molecule has 9 nitrogen and oxygen atoms in total. The highest BCUT2D eigenvalue weighted by atomic mass is 16.6. The maximum atomic E-state index is 10.2. The SMILES string of the molecule is N#CC=Cc1cn(C2OC(CO)C(O)C2O)c2ncnc(N)c12. The third-order valence-corrected chi connectivity index (χ3v) is 3.80. The third kappa shape index (κ3) is 2.43. The maximum Gasteiger partial charge on any atom is 0.164 e. The van der Waals surface area contributed by atoms with Crippen LogP contribution in [0.3, 0.4) is 0 Å². The third-order valence-electron chi connectivity index (χ3n) is 3.80. The second-order valence-corrected chi connectivity index (χ2v) is 5.14. The van der Waals surface area contributed by atoms with Crippen LogP contribution in [-0.4, -0.2) is 54.8 Å². The Morgan fingerprint density at radius 3 is 2.83 bits per heavy atom. The number of rotatable bonds is 3. The molecule has 0 saturated carbocycles. The minimum atomic E-state index is -1.24. The summed E-state index contributed by atoms with van der Waals surface area (Å²) in [5.74, 6) is 0.220. The van der Waals surface area contributed by atoms with Crippen molar-refractivity contribution in [3.63, 3.8) is 0 Å². The molecule has 1 saturated heterocycles. The minimum absolute atomic E-state index is 0.220. The van der Waals surface area contributed by atoms with Crippen molar-refractivity contribution in [2.45, 2.75) is 24.5 Å². The zero-order valence-electron chi connectivity index (χ0n) is 11.9. The van der Waals surface area contributed by atoms with Gasteiger partial charge in [0.2, 0.25) is 0 Å². The molecule has 3 rings (SSSR count). The summed E-state index contributed by atoms with van der Waals surface area (Å²) in [5, 5.41) is 38.5. The van der Waals surface area contributed by atoms with Gasteiger partial charge in [0.25, 0.3) is 0 Å². The molecule has 0 aliphatic carbocycles. The largest absolute Gasteiger partial charge is 0.394 e. The Morgan fingerprint density at radius 2 is 2.17 bits per heavy atom. The van der Waals surface area contributed by atoms with Crippen molar-refractivity contribution >= 4 is 22.9 Å². The van der Waals surface area contributed by atoms with E-state index >= 15 is 0 Å². The molecule has 120 valence electrons. The van der Waals surface area contributed by atoms with Gasteiger partial charge in [0.1, 0.15) is 36.1 Å². The number of hydrogen-bond donors (Lipinski definition) is 4. The lowest BCUT2D eigenvalue weighted by Gasteiger charge is -2.17. The van der Waals surface area contributed by atoms with Crippen LogP contribution in [0.5, 0.6) is 0 Å². The van der Waals surface area contributed by atoms with Crippen LogP contribution >= 0.6 is 0 Å². The van der Waals surface area contributed by atoms with Crippen LogP contribution in [-0.2, 0) is 4.74 Å². The molecule has 0 radical (unpaired) electrons. The van der Waals surface area contributed by atoms with Gasteiger partial charge in [-0.25, -0.2) is 9.97 Å². The number of ether oxygens (including phenoxy) is 1. The van der Waals surface area contributed by atoms with Crippen molar-refractivity contribution < 1.29 is 20.1 Å². The summed E-state index contributed by atoms with van der Waals surface area (Å²) >= 11 is 0. The molecular weight excluding hydrogens is 302 g/mol. The van der Waals surface area contributed by atoms with E-state index < -0.39 is 31.1 Å². The van der Waals surface area contributed by atoms with Crippen molar-refractivity contribution in [3.05, 3.63) is 24.2 Å². The predicted molar refractivity (Wildman–Crippen MR) is 79.6 cm³/mol. The number of anilines is 1. The fraction of sp³-hybridized carbons (Fsp3) is 0.357. The Morgan fingerprint density at radius 1 is 1.39 bits per heavy atom. The van der Waals surface area contributed by atoms with Crippen molar-refractivity contribution in [2.24, 2.45) is 0 Å². The van der Waals surface area contributed by atoms with Gasteiger partial charge in [-0.1, -0.05) is 0 Å². The van der Waals surface area contributed by atoms with E-state index in [0.717, 1.165) is 0 Å². The van der Waals surface area contributed by atoms with E-state index in [1.54, 1.807) is 12.3 Å². The van der Waals surface area contributed by atoms with E-state index in [1.807, 2.05) is 6.07 Å². The molecular formula is C14H15N5O4. The standard InChI is InChI=1S/C14H15N5O4/c15-3-1-2-7-4-19(13-9(7)12(16)17-6-18-13)14-11(22)10(21)8(5-20)23-14/h1-2,4,6,8,10-11,14,20-22H,5H2,(H2,16,17,18). The lowest BCUT2D eigenvalue weighted by atomic mass is 10.1. The highest BCUT2D eigenvalue weighted by Crippen LogP contribution is 2.34. The fourth-order valence-electron chi connectivity index (χ4n) is 2.69. The highest BCUT2D eigenvalue weighted by Gasteiger charge is 2.44. The number of aromatic nitrogens is 3. The molecule has 3 heterocycles. The van der Waals surface area contributed by atoms with Crippen molar-refractivity contribution in [1.82, 2.24) is 14.5 Å². The number of aliphatic hydroxyl groups excluding tert-OH is 3. The highest BCUT2D eigenvalue weighted by molar-refractivity contribution is 5.94. The van der Waals surface area contributed by atoms with E-state index in [-0.39, 0.29) is 5.82 Å². The topological polar surface area (TPSA) is 150 Å². The van der Waals surface area contributed by atoms with Crippen molar-refractivity contribution in [3.8, 4) is 6.07 Å². The Kier molecular flexibility index (Phi) is 3.97. The van der Waals surface area contributed by atoms with E-state index in [9.17, 15) is 15.3 Å². The minimum Gasteiger partial charge on any atom is -0.394 e. The van der Waals surface area contributed by atoms with Gasteiger partial charge in [-0.15, -0.1) is 0 Å². The summed E-state index contributed by atoms with van der Waals surface area (Å²) in [6, 6.07) is 1.89. The van der Waals surface area contributed by atoms with Gasteiger partial charge in [0.15, 0.2) is 6.23 Å². The van der Waals surface area contributed by atoms with E-state index in [0.29, 0.717) is 16.6 Å². The number of fused-ring (bicyclic) bond motifs is 1. The molecule has 9 heteroatoms. The molecule has 5 N–H and O–H groups in total. The number of nitrogens with two attached hydrogens (primary N) is 1. The quantitative estimate of drug-likeness (QED) is 0.535. The second-order valence-electron chi connectivity index (χ2n) is 5.14. The molecule has 0 amide bonds. The first-order valence-corrected chi connectivity index (χ1v) is 6.88. The smallest absolute Gasteiger partial charge is 0.164 e. The zero-order valence-corrected chi connectivity index (χ0v) is 11.9. The van der Waals surface area contributed by atoms with Gasteiger partial charge in [-0.05, 0) is 6.08 Å². The molecule has 0 aromatic carbocycles. The Hall–Kier alpha value is -2.51. The molecule has 4 unspecified atom stereocenters. The first kappa shape index (κ1) is 15.4. The predicted octanol–water partition coefficient (Wildman–Crippen LogP) is -0.838. The van der Waals surface area contributed by atoms with E-state index in [1.165, 1.54) is 17.0 Å². The van der Waals surface area contributed by atoms with Gasteiger partial charge in [-0.3, -0.25) is 0 Å². The maximum absolute atomic E-state index is 10.2. The molecule has 1 aliphatic rings. The van der Waals surface area contributed by atoms with Crippen LogP contribution in [0.4, 0.5) is 5.82 Å². The van der Waals surface area contributed by atoms with Gasteiger partial charge in [-0.2, -0.15) is 5.26 Å². The van der Waals surface area contributed by atoms with Crippen molar-refractivity contribution in [2.75, 3.05) is 12.3 Å². The van der Waals surface area contributed by atoms with Crippen LogP contribution in [0.2, 0.25) is 0 Å². The van der Waals surface area contributed by atoms with Crippen LogP contribution < -0.4 is 5.73 Å². The summed E-state index contributed by atoms with van der Waals surface area (Å²) in [7, 11) is 0. The van der Waals surface area contributed by atoms with E-state index in [4.69, 9.17) is 15.7 Å². The van der Waals surface area contributed by atoms with Crippen LogP contribution in [0.1, 0.15) is 11.8 Å². The number of hydrogen-bond acceptors (Lipinski definition) is 8.